The number of para-hydroxylation sites is 3. The summed E-state index contributed by atoms with van der Waals surface area (Å²) >= 11 is 0. The van der Waals surface area contributed by atoms with Crippen LogP contribution in [0.3, 0.4) is 0 Å². The number of nitrogens with zero attached hydrogens (tertiary/aromatic N) is 3. The third-order valence-corrected chi connectivity index (χ3v) is 17.0. The summed E-state index contributed by atoms with van der Waals surface area (Å²) in [6, 6.07) is 59.2. The van der Waals surface area contributed by atoms with Crippen LogP contribution in [0.25, 0.3) is 32.7 Å². The molecule has 0 saturated heterocycles. The first-order chi connectivity index (χ1) is 45.7. The first-order valence-electron chi connectivity index (χ1n) is 31.2. The highest BCUT2D eigenvalue weighted by molar-refractivity contribution is 6.01. The van der Waals surface area contributed by atoms with E-state index in [9.17, 15) is 28.8 Å². The van der Waals surface area contributed by atoms with Crippen LogP contribution in [0.2, 0.25) is 0 Å². The van der Waals surface area contributed by atoms with Gasteiger partial charge in [-0.05, 0) is 145 Å². The minimum absolute atomic E-state index is 0.0633. The monoisotopic (exact) mass is 1250 g/mol. The molecule has 0 bridgehead atoms. The summed E-state index contributed by atoms with van der Waals surface area (Å²) in [5.74, 6) is -2.65. The van der Waals surface area contributed by atoms with Gasteiger partial charge in [-0.2, -0.15) is 0 Å². The van der Waals surface area contributed by atoms with Crippen LogP contribution in [0.15, 0.2) is 219 Å². The molecular weight excluding hydrogens is 1180 g/mol. The molecule has 0 aliphatic carbocycles. The molecule has 0 aliphatic heterocycles. The fourth-order valence-corrected chi connectivity index (χ4v) is 12.3. The van der Waals surface area contributed by atoms with Crippen molar-refractivity contribution in [2.24, 2.45) is 0 Å². The van der Waals surface area contributed by atoms with E-state index in [1.54, 1.807) is 36.8 Å². The molecule has 94 heavy (non-hydrogen) atoms. The zero-order chi connectivity index (χ0) is 65.1. The van der Waals surface area contributed by atoms with Crippen LogP contribution in [-0.2, 0) is 67.3 Å². The molecule has 9 N–H and O–H groups in total. The van der Waals surface area contributed by atoms with Gasteiger partial charge in [0.05, 0.1) is 19.3 Å². The first kappa shape index (κ1) is 62.4. The normalized spacial score (nSPS) is 12.3. The zero-order valence-corrected chi connectivity index (χ0v) is 52.1. The molecule has 0 unspecified atom stereocenters. The van der Waals surface area contributed by atoms with E-state index in [-0.39, 0.29) is 56.2 Å². The second kappa shape index (κ2) is 28.6. The molecule has 0 aliphatic rings. The topological polar surface area (TPSA) is 261 Å². The lowest BCUT2D eigenvalue weighted by atomic mass is 9.85. The van der Waals surface area contributed by atoms with E-state index in [0.29, 0.717) is 34.1 Å². The molecule has 470 valence electrons. The van der Waals surface area contributed by atoms with Crippen LogP contribution < -0.4 is 31.9 Å². The molecule has 12 rings (SSSR count). The molecule has 0 saturated carbocycles. The molecular formula is C76H70N12O6. The van der Waals surface area contributed by atoms with Crippen molar-refractivity contribution in [3.8, 4) is 0 Å². The van der Waals surface area contributed by atoms with E-state index >= 15 is 0 Å². The third-order valence-electron chi connectivity index (χ3n) is 17.0. The van der Waals surface area contributed by atoms with E-state index < -0.39 is 41.8 Å². The van der Waals surface area contributed by atoms with Crippen LogP contribution in [0, 0.1) is 20.8 Å². The number of pyridine rings is 3. The summed E-state index contributed by atoms with van der Waals surface area (Å²) in [6.45, 7) is 5.79. The maximum atomic E-state index is 14.4. The highest BCUT2D eigenvalue weighted by Gasteiger charge is 2.28. The number of hydrogen-bond donors (Lipinski definition) is 9. The lowest BCUT2D eigenvalue weighted by Crippen LogP contribution is -2.46. The van der Waals surface area contributed by atoms with Crippen molar-refractivity contribution in [1.29, 1.82) is 0 Å². The largest absolute Gasteiger partial charge is 0.358 e. The minimum Gasteiger partial charge on any atom is -0.358 e. The zero-order valence-electron chi connectivity index (χ0n) is 52.1. The summed E-state index contributed by atoms with van der Waals surface area (Å²) < 4.78 is 0. The van der Waals surface area contributed by atoms with Crippen molar-refractivity contribution in [3.63, 3.8) is 0 Å². The second-order valence-electron chi connectivity index (χ2n) is 23.6. The van der Waals surface area contributed by atoms with Gasteiger partial charge in [0.25, 0.3) is 0 Å². The predicted molar refractivity (Wildman–Crippen MR) is 366 cm³/mol. The maximum Gasteiger partial charge on any atom is 0.247 e. The van der Waals surface area contributed by atoms with E-state index in [0.717, 1.165) is 83.2 Å². The van der Waals surface area contributed by atoms with E-state index in [1.807, 2.05) is 203 Å². The molecule has 0 spiro atoms. The van der Waals surface area contributed by atoms with Gasteiger partial charge in [-0.15, -0.1) is 0 Å². The van der Waals surface area contributed by atoms with Crippen LogP contribution in [0.1, 0.15) is 73.5 Å². The number of hydrogen-bond acceptors (Lipinski definition) is 9. The highest BCUT2D eigenvalue weighted by Crippen LogP contribution is 2.35. The van der Waals surface area contributed by atoms with Crippen LogP contribution >= 0.6 is 0 Å². The number of amides is 6. The number of aromatic amines is 3. The maximum absolute atomic E-state index is 14.4. The minimum atomic E-state index is -0.967. The van der Waals surface area contributed by atoms with Crippen molar-refractivity contribution in [2.75, 3.05) is 16.0 Å². The average molecular weight is 1250 g/mol. The smallest absolute Gasteiger partial charge is 0.247 e. The lowest BCUT2D eigenvalue weighted by Gasteiger charge is -2.22. The number of H-pyrrole nitrogens is 3. The fraction of sp³-hybridized carbons (Fsp3) is 0.171. The Hall–Kier alpha value is -11.8. The summed E-state index contributed by atoms with van der Waals surface area (Å²) in [6.07, 6.45) is 5.58. The Labute approximate surface area is 542 Å². The van der Waals surface area contributed by atoms with Gasteiger partial charge in [-0.3, -0.25) is 43.7 Å². The second-order valence-corrected chi connectivity index (χ2v) is 23.6. The summed E-state index contributed by atoms with van der Waals surface area (Å²) in [5, 5.41) is 21.0. The molecule has 6 aromatic carbocycles. The number of anilines is 3. The molecule has 6 heterocycles. The van der Waals surface area contributed by atoms with Gasteiger partial charge in [0.2, 0.25) is 35.4 Å². The number of fused-ring (bicyclic) bond motifs is 3. The Morgan fingerprint density at radius 2 is 0.606 bits per heavy atom. The summed E-state index contributed by atoms with van der Waals surface area (Å²) in [4.78, 5) is 108. The molecule has 6 aromatic heterocycles. The molecule has 6 amide bonds. The molecule has 18 heteroatoms. The van der Waals surface area contributed by atoms with E-state index in [4.69, 9.17) is 0 Å². The van der Waals surface area contributed by atoms with E-state index in [2.05, 4.69) is 61.8 Å². The van der Waals surface area contributed by atoms with Crippen LogP contribution in [0.4, 0.5) is 17.1 Å². The van der Waals surface area contributed by atoms with Gasteiger partial charge in [0.15, 0.2) is 0 Å². The van der Waals surface area contributed by atoms with Gasteiger partial charge < -0.3 is 46.9 Å². The van der Waals surface area contributed by atoms with Crippen LogP contribution in [-0.4, -0.2) is 83.5 Å². The number of nitrogens with one attached hydrogen (secondary N) is 9. The average Bonchev–Trinajstić information content (AvgIpc) is 1.78. The van der Waals surface area contributed by atoms with Crippen molar-refractivity contribution < 1.29 is 28.8 Å². The fourth-order valence-electron chi connectivity index (χ4n) is 12.3. The van der Waals surface area contributed by atoms with Gasteiger partial charge in [0.1, 0.15) is 18.1 Å². The van der Waals surface area contributed by atoms with Gasteiger partial charge in [-0.1, -0.05) is 109 Å². The first-order valence-corrected chi connectivity index (χ1v) is 31.2. The summed E-state index contributed by atoms with van der Waals surface area (Å²) in [7, 11) is 0. The number of aromatic nitrogens is 6. The Morgan fingerprint density at radius 3 is 0.872 bits per heavy atom. The molecule has 12 aromatic rings. The van der Waals surface area contributed by atoms with Gasteiger partial charge >= 0.3 is 0 Å². The van der Waals surface area contributed by atoms with Gasteiger partial charge in [-0.25, -0.2) is 0 Å². The van der Waals surface area contributed by atoms with Gasteiger partial charge in [0, 0.05) is 128 Å². The van der Waals surface area contributed by atoms with Crippen molar-refractivity contribution in [3.05, 3.63) is 286 Å². The number of carbonyl (C=O) groups excluding carboxylic acids is 6. The van der Waals surface area contributed by atoms with Crippen LogP contribution in [0.5, 0.6) is 0 Å². The predicted octanol–water partition coefficient (Wildman–Crippen LogP) is 11.1. The van der Waals surface area contributed by atoms with Crippen molar-refractivity contribution in [2.45, 2.75) is 83.3 Å². The SMILES string of the molecule is Cc1[nH]c2ccccc2c1CC(=O)N[C@@H](Cc1ccccn1)C(=O)Nc1ccc(C(c2ccc(NC(=O)[C@H](Cc3ccccn3)NC(=O)Cc3c(C)[nH]c4ccccc34)cc2)c2ccc(NC(=O)[C@H](Cc3ccccn3)NC(=O)Cc3c(C)[nH]c4ccccc34)cc2)cc1. The molecule has 3 atom stereocenters. The number of rotatable bonds is 24. The lowest BCUT2D eigenvalue weighted by molar-refractivity contribution is -0.126. The molecule has 18 nitrogen and oxygen atoms in total. The Morgan fingerprint density at radius 1 is 0.340 bits per heavy atom. The van der Waals surface area contributed by atoms with Crippen molar-refractivity contribution >= 4 is 85.2 Å². The number of benzene rings is 6. The Balaban J connectivity index is 0.797. The molecule has 0 fully saturated rings. The molecule has 0 radical (unpaired) electrons. The van der Waals surface area contributed by atoms with Crippen molar-refractivity contribution in [1.82, 2.24) is 45.9 Å². The third kappa shape index (κ3) is 15.0. The highest BCUT2D eigenvalue weighted by atomic mass is 16.2. The van der Waals surface area contributed by atoms with E-state index in [1.165, 1.54) is 0 Å². The number of carbonyl (C=O) groups is 6. The quantitative estimate of drug-likeness (QED) is 0.0260. The Kier molecular flexibility index (Phi) is 19.0. The standard InChI is InChI=1S/C76H70N12O6/c1-46-61(58-19-4-7-22-64(58)80-46)43-70(89)86-67(40-55-16-10-13-37-77-55)74(92)83-52-31-25-49(26-32-52)73(50-27-33-53(34-28-50)84-75(93)68(41-56-17-11-14-38-78-56)87-71(90)44-62-47(2)81-65-23-8-5-20-59(62)65)51-29-35-54(36-30-51)85-76(94)69(42-57-18-12-15-39-79-57)88-72(91)45-63-48(3)82-66-24-9-6-21-60(63)66/h4-39,67-69,73,80-82H,40-45H2,1-3H3,(H,83,92)(H,84,93)(H,85,94)(H,86,89)(H,87,90)(H,88,91)/t67-,68-,69-/m0/s1. The Bertz CT molecular complexity index is 4210. The summed E-state index contributed by atoms with van der Waals surface area (Å²) in [5.41, 5.74) is 13.8. The number of aryl methyl sites for hydroxylation is 3.